The molecular weight excluding hydrogens is 296 g/mol. The van der Waals surface area contributed by atoms with Gasteiger partial charge in [-0.2, -0.15) is 11.8 Å². The van der Waals surface area contributed by atoms with Crippen molar-refractivity contribution in [3.8, 4) is 0 Å². The first-order valence-electron chi connectivity index (χ1n) is 7.87. The van der Waals surface area contributed by atoms with E-state index in [1.165, 1.54) is 24.0 Å². The maximum absolute atomic E-state index is 12.3. The number of aliphatic hydroxyl groups is 1. The van der Waals surface area contributed by atoms with E-state index in [2.05, 4.69) is 41.8 Å². The molecule has 0 radical (unpaired) electrons. The summed E-state index contributed by atoms with van der Waals surface area (Å²) in [5.41, 5.74) is 2.40. The van der Waals surface area contributed by atoms with Gasteiger partial charge in [-0.25, -0.2) is 4.79 Å². The topological polar surface area (TPSA) is 61.4 Å². The van der Waals surface area contributed by atoms with Crippen LogP contribution < -0.4 is 10.6 Å². The zero-order valence-electron chi connectivity index (χ0n) is 13.3. The Morgan fingerprint density at radius 3 is 2.55 bits per heavy atom. The number of nitrogens with one attached hydrogen (secondary N) is 2. The molecule has 1 aliphatic rings. The van der Waals surface area contributed by atoms with Gasteiger partial charge in [0.2, 0.25) is 0 Å². The highest BCUT2D eigenvalue weighted by molar-refractivity contribution is 7.98. The van der Waals surface area contributed by atoms with E-state index in [0.717, 1.165) is 5.75 Å². The molecule has 2 rings (SSSR count). The largest absolute Gasteiger partial charge is 0.396 e. The van der Waals surface area contributed by atoms with Gasteiger partial charge in [-0.15, -0.1) is 0 Å². The van der Waals surface area contributed by atoms with Crippen LogP contribution in [0.5, 0.6) is 0 Å². The number of aliphatic hydroxyl groups excluding tert-OH is 1. The first-order valence-corrected chi connectivity index (χ1v) is 9.26. The Bertz CT molecular complexity index is 468. The molecule has 0 aliphatic heterocycles. The lowest BCUT2D eigenvalue weighted by atomic mass is 10.0. The molecule has 1 aromatic rings. The average molecular weight is 322 g/mol. The lowest BCUT2D eigenvalue weighted by Gasteiger charge is -2.22. The van der Waals surface area contributed by atoms with Crippen molar-refractivity contribution in [3.63, 3.8) is 0 Å². The second-order valence-corrected chi connectivity index (χ2v) is 6.92. The predicted octanol–water partition coefficient (Wildman–Crippen LogP) is 2.86. The SMILES string of the molecule is CSCC(CCO)NC(=O)NC(c1ccc(C)cc1)C1CC1. The monoisotopic (exact) mass is 322 g/mol. The zero-order valence-corrected chi connectivity index (χ0v) is 14.2. The second-order valence-electron chi connectivity index (χ2n) is 6.01. The Morgan fingerprint density at radius 2 is 2.00 bits per heavy atom. The molecule has 22 heavy (non-hydrogen) atoms. The van der Waals surface area contributed by atoms with E-state index < -0.39 is 0 Å². The molecule has 0 saturated heterocycles. The Labute approximate surface area is 137 Å². The van der Waals surface area contributed by atoms with Gasteiger partial charge < -0.3 is 15.7 Å². The molecule has 0 heterocycles. The van der Waals surface area contributed by atoms with Crippen molar-refractivity contribution in [2.75, 3.05) is 18.6 Å². The maximum atomic E-state index is 12.3. The van der Waals surface area contributed by atoms with E-state index in [4.69, 9.17) is 5.11 Å². The van der Waals surface area contributed by atoms with Crippen LogP contribution in [0.15, 0.2) is 24.3 Å². The lowest BCUT2D eigenvalue weighted by Crippen LogP contribution is -2.45. The number of hydrogen-bond acceptors (Lipinski definition) is 3. The fourth-order valence-electron chi connectivity index (χ4n) is 2.60. The molecule has 3 N–H and O–H groups in total. The summed E-state index contributed by atoms with van der Waals surface area (Å²) in [5.74, 6) is 1.36. The Balaban J connectivity index is 1.95. The number of rotatable bonds is 8. The number of carbonyl (C=O) groups is 1. The molecule has 2 amide bonds. The van der Waals surface area contributed by atoms with Crippen molar-refractivity contribution in [1.82, 2.24) is 10.6 Å². The van der Waals surface area contributed by atoms with Crippen molar-refractivity contribution in [2.45, 2.75) is 38.3 Å². The van der Waals surface area contributed by atoms with Gasteiger partial charge in [-0.05, 0) is 43.9 Å². The fourth-order valence-corrected chi connectivity index (χ4v) is 3.25. The van der Waals surface area contributed by atoms with Gasteiger partial charge in [0.25, 0.3) is 0 Å². The third-order valence-electron chi connectivity index (χ3n) is 4.00. The second kappa shape index (κ2) is 8.44. The van der Waals surface area contributed by atoms with Crippen LogP contribution in [-0.2, 0) is 0 Å². The molecule has 1 aliphatic carbocycles. The molecule has 4 nitrogen and oxygen atoms in total. The molecule has 2 atom stereocenters. The molecule has 122 valence electrons. The van der Waals surface area contributed by atoms with Gasteiger partial charge in [0.05, 0.1) is 6.04 Å². The van der Waals surface area contributed by atoms with Crippen LogP contribution in [0, 0.1) is 12.8 Å². The Kier molecular flexibility index (Phi) is 6.58. The number of carbonyl (C=O) groups excluding carboxylic acids is 1. The quantitative estimate of drug-likeness (QED) is 0.690. The zero-order chi connectivity index (χ0) is 15.9. The summed E-state index contributed by atoms with van der Waals surface area (Å²) in [7, 11) is 0. The summed E-state index contributed by atoms with van der Waals surface area (Å²) < 4.78 is 0. The van der Waals surface area contributed by atoms with Crippen molar-refractivity contribution >= 4 is 17.8 Å². The Morgan fingerprint density at radius 1 is 1.32 bits per heavy atom. The predicted molar refractivity (Wildman–Crippen MR) is 92.2 cm³/mol. The summed E-state index contributed by atoms with van der Waals surface area (Å²) in [6.45, 7) is 2.16. The fraction of sp³-hybridized carbons (Fsp3) is 0.588. The highest BCUT2D eigenvalue weighted by atomic mass is 32.2. The number of urea groups is 1. The smallest absolute Gasteiger partial charge is 0.315 e. The minimum Gasteiger partial charge on any atom is -0.396 e. The minimum absolute atomic E-state index is 0.0119. The maximum Gasteiger partial charge on any atom is 0.315 e. The van der Waals surface area contributed by atoms with Crippen molar-refractivity contribution in [2.24, 2.45) is 5.92 Å². The van der Waals surface area contributed by atoms with Crippen molar-refractivity contribution in [1.29, 1.82) is 0 Å². The number of hydrogen-bond donors (Lipinski definition) is 3. The van der Waals surface area contributed by atoms with Crippen LogP contribution in [0.25, 0.3) is 0 Å². The van der Waals surface area contributed by atoms with Crippen LogP contribution in [0.2, 0.25) is 0 Å². The number of thioether (sulfide) groups is 1. The summed E-state index contributed by atoms with van der Waals surface area (Å²) >= 11 is 1.67. The van der Waals surface area contributed by atoms with Crippen LogP contribution in [0.1, 0.15) is 36.4 Å². The van der Waals surface area contributed by atoms with Gasteiger partial charge in [0.15, 0.2) is 0 Å². The van der Waals surface area contributed by atoms with E-state index in [1.54, 1.807) is 11.8 Å². The van der Waals surface area contributed by atoms with Crippen molar-refractivity contribution in [3.05, 3.63) is 35.4 Å². The van der Waals surface area contributed by atoms with Gasteiger partial charge in [-0.1, -0.05) is 29.8 Å². The van der Waals surface area contributed by atoms with Crippen LogP contribution in [-0.4, -0.2) is 35.8 Å². The van der Waals surface area contributed by atoms with E-state index in [1.807, 2.05) is 6.26 Å². The van der Waals surface area contributed by atoms with Gasteiger partial charge >= 0.3 is 6.03 Å². The molecule has 0 spiro atoms. The molecule has 0 bridgehead atoms. The van der Waals surface area contributed by atoms with Gasteiger partial charge in [-0.3, -0.25) is 0 Å². The molecule has 0 aromatic heterocycles. The molecule has 1 saturated carbocycles. The van der Waals surface area contributed by atoms with E-state index in [-0.39, 0.29) is 24.7 Å². The Hall–Kier alpha value is -1.20. The first kappa shape index (κ1) is 17.2. The van der Waals surface area contributed by atoms with Crippen molar-refractivity contribution < 1.29 is 9.90 Å². The summed E-state index contributed by atoms with van der Waals surface area (Å²) in [4.78, 5) is 12.3. The number of aryl methyl sites for hydroxylation is 1. The van der Waals surface area contributed by atoms with E-state index in [9.17, 15) is 4.79 Å². The van der Waals surface area contributed by atoms with Crippen LogP contribution in [0.3, 0.4) is 0 Å². The molecular formula is C17H26N2O2S. The van der Waals surface area contributed by atoms with Crippen LogP contribution >= 0.6 is 11.8 Å². The van der Waals surface area contributed by atoms with E-state index in [0.29, 0.717) is 12.3 Å². The number of benzene rings is 1. The third kappa shape index (κ3) is 5.21. The van der Waals surface area contributed by atoms with Gasteiger partial charge in [0, 0.05) is 18.4 Å². The number of amides is 2. The van der Waals surface area contributed by atoms with E-state index >= 15 is 0 Å². The molecule has 1 aromatic carbocycles. The lowest BCUT2D eigenvalue weighted by molar-refractivity contribution is 0.226. The molecule has 2 unspecified atom stereocenters. The average Bonchev–Trinajstić information content (AvgIpc) is 3.31. The third-order valence-corrected chi connectivity index (χ3v) is 4.73. The highest BCUT2D eigenvalue weighted by Gasteiger charge is 2.33. The summed E-state index contributed by atoms with van der Waals surface area (Å²) in [6, 6.07) is 8.35. The highest BCUT2D eigenvalue weighted by Crippen LogP contribution is 2.41. The molecule has 1 fully saturated rings. The minimum atomic E-state index is -0.134. The first-order chi connectivity index (χ1) is 10.6. The van der Waals surface area contributed by atoms with Crippen LogP contribution in [0.4, 0.5) is 4.79 Å². The standard InChI is InChI=1S/C17H26N2O2S/c1-12-3-5-13(6-4-12)16(14-7-8-14)19-17(21)18-15(9-10-20)11-22-2/h3-6,14-16,20H,7-11H2,1-2H3,(H2,18,19,21). The summed E-state index contributed by atoms with van der Waals surface area (Å²) in [5, 5.41) is 15.2. The van der Waals surface area contributed by atoms with Gasteiger partial charge in [0.1, 0.15) is 0 Å². The summed E-state index contributed by atoms with van der Waals surface area (Å²) in [6.07, 6.45) is 4.93. The molecule has 5 heteroatoms. The normalized spacial score (nSPS) is 16.9.